The summed E-state index contributed by atoms with van der Waals surface area (Å²) in [5, 5.41) is 21.4. The molecule has 1 aromatic carbocycles. The molecule has 0 amide bonds. The quantitative estimate of drug-likeness (QED) is 0.825. The number of aliphatic hydroxyl groups excluding tert-OH is 1. The second kappa shape index (κ2) is 6.45. The molecule has 2 rings (SSSR count). The number of hydrogen-bond donors (Lipinski definition) is 2. The van der Waals surface area contributed by atoms with E-state index in [9.17, 15) is 5.11 Å². The van der Waals surface area contributed by atoms with E-state index < -0.39 is 0 Å². The molecule has 2 N–H and O–H groups in total. The molecule has 19 heavy (non-hydrogen) atoms. The average molecular weight is 260 g/mol. The molecule has 0 radical (unpaired) electrons. The monoisotopic (exact) mass is 260 g/mol. The van der Waals surface area contributed by atoms with Crippen LogP contribution in [0.15, 0.2) is 30.3 Å². The van der Waals surface area contributed by atoms with E-state index in [1.165, 1.54) is 0 Å². The van der Waals surface area contributed by atoms with E-state index in [0.29, 0.717) is 13.1 Å². The molecule has 0 bridgehead atoms. The summed E-state index contributed by atoms with van der Waals surface area (Å²) in [6, 6.07) is 10.0. The summed E-state index contributed by atoms with van der Waals surface area (Å²) in [4.78, 5) is 1.70. The lowest BCUT2D eigenvalue weighted by Crippen LogP contribution is -2.24. The number of aromatic nitrogens is 3. The highest BCUT2D eigenvalue weighted by atomic mass is 16.3. The van der Waals surface area contributed by atoms with Crippen LogP contribution in [0, 0.1) is 0 Å². The Kier molecular flexibility index (Phi) is 4.65. The molecule has 1 atom stereocenters. The van der Waals surface area contributed by atoms with Crippen LogP contribution >= 0.6 is 0 Å². The minimum Gasteiger partial charge on any atom is -0.392 e. The van der Waals surface area contributed by atoms with Crippen LogP contribution in [-0.4, -0.2) is 32.7 Å². The minimum atomic E-state index is -0.360. The lowest BCUT2D eigenvalue weighted by molar-refractivity contribution is 0.191. The van der Waals surface area contributed by atoms with E-state index in [1.807, 2.05) is 37.3 Å². The summed E-state index contributed by atoms with van der Waals surface area (Å²) in [7, 11) is 0. The Morgan fingerprint density at radius 2 is 2.00 bits per heavy atom. The third-order valence-corrected chi connectivity index (χ3v) is 2.79. The maximum atomic E-state index is 9.26. The van der Waals surface area contributed by atoms with Gasteiger partial charge in [0.2, 0.25) is 0 Å². The van der Waals surface area contributed by atoms with Crippen molar-refractivity contribution in [2.24, 2.45) is 0 Å². The Bertz CT molecular complexity index is 507. The van der Waals surface area contributed by atoms with E-state index >= 15 is 0 Å². The highest BCUT2D eigenvalue weighted by Crippen LogP contribution is 2.19. The fourth-order valence-corrected chi connectivity index (χ4v) is 1.86. The molecule has 2 aromatic rings. The maximum absolute atomic E-state index is 9.26. The zero-order valence-corrected chi connectivity index (χ0v) is 11.4. The van der Waals surface area contributed by atoms with Crippen LogP contribution in [0.2, 0.25) is 0 Å². The molecular weight excluding hydrogens is 240 g/mol. The third kappa shape index (κ3) is 3.62. The van der Waals surface area contributed by atoms with Crippen LogP contribution in [0.1, 0.15) is 19.5 Å². The molecule has 0 fully saturated rings. The van der Waals surface area contributed by atoms with Gasteiger partial charge in [0, 0.05) is 18.7 Å². The number of aliphatic hydroxyl groups is 1. The van der Waals surface area contributed by atoms with Crippen molar-refractivity contribution >= 4 is 0 Å². The lowest BCUT2D eigenvalue weighted by Gasteiger charge is -2.05. The van der Waals surface area contributed by atoms with Gasteiger partial charge in [-0.25, -0.2) is 0 Å². The Morgan fingerprint density at radius 3 is 2.63 bits per heavy atom. The van der Waals surface area contributed by atoms with Gasteiger partial charge >= 0.3 is 0 Å². The summed E-state index contributed by atoms with van der Waals surface area (Å²) < 4.78 is 0. The van der Waals surface area contributed by atoms with Gasteiger partial charge in [0.05, 0.1) is 12.6 Å². The second-order valence-electron chi connectivity index (χ2n) is 4.53. The Balaban J connectivity index is 2.19. The summed E-state index contributed by atoms with van der Waals surface area (Å²) in [6.45, 7) is 5.67. The first-order valence-corrected chi connectivity index (χ1v) is 6.59. The molecule has 5 nitrogen and oxygen atoms in total. The van der Waals surface area contributed by atoms with Gasteiger partial charge in [-0.15, -0.1) is 0 Å². The predicted octanol–water partition coefficient (Wildman–Crippen LogP) is 1.44. The molecule has 5 heteroatoms. The van der Waals surface area contributed by atoms with E-state index in [2.05, 4.69) is 15.5 Å². The highest BCUT2D eigenvalue weighted by molar-refractivity contribution is 5.60. The fraction of sp³-hybridized carbons (Fsp3) is 0.429. The summed E-state index contributed by atoms with van der Waals surface area (Å²) >= 11 is 0. The third-order valence-electron chi connectivity index (χ3n) is 2.79. The van der Waals surface area contributed by atoms with E-state index in [4.69, 9.17) is 0 Å². The van der Waals surface area contributed by atoms with Gasteiger partial charge in [-0.2, -0.15) is 15.0 Å². The fourth-order valence-electron chi connectivity index (χ4n) is 1.86. The van der Waals surface area contributed by atoms with Gasteiger partial charge in [-0.1, -0.05) is 30.3 Å². The average Bonchev–Trinajstić information content (AvgIpc) is 2.83. The van der Waals surface area contributed by atoms with E-state index in [-0.39, 0.29) is 6.10 Å². The van der Waals surface area contributed by atoms with Crippen molar-refractivity contribution in [2.75, 3.05) is 6.54 Å². The molecule has 0 saturated heterocycles. The van der Waals surface area contributed by atoms with Crippen LogP contribution in [0.4, 0.5) is 0 Å². The predicted molar refractivity (Wildman–Crippen MR) is 74.5 cm³/mol. The van der Waals surface area contributed by atoms with Crippen molar-refractivity contribution in [1.29, 1.82) is 0 Å². The number of rotatable bonds is 6. The van der Waals surface area contributed by atoms with E-state index in [0.717, 1.165) is 23.5 Å². The van der Waals surface area contributed by atoms with Crippen LogP contribution < -0.4 is 5.32 Å². The SMILES string of the molecule is CCn1nc(CNCC(C)O)c(-c2ccccc2)n1. The number of hydrogen-bond acceptors (Lipinski definition) is 4. The smallest absolute Gasteiger partial charge is 0.117 e. The van der Waals surface area contributed by atoms with Gasteiger partial charge in [0.25, 0.3) is 0 Å². The molecule has 1 unspecified atom stereocenters. The van der Waals surface area contributed by atoms with Crippen molar-refractivity contribution < 1.29 is 5.11 Å². The number of nitrogens with zero attached hydrogens (tertiary/aromatic N) is 3. The largest absolute Gasteiger partial charge is 0.392 e. The molecule has 0 aliphatic carbocycles. The Hall–Kier alpha value is -1.72. The Morgan fingerprint density at radius 1 is 1.26 bits per heavy atom. The standard InChI is InChI=1S/C14H20N4O/c1-3-18-16-13(10-15-9-11(2)19)14(17-18)12-7-5-4-6-8-12/h4-8,11,15,19H,3,9-10H2,1-2H3. The molecular formula is C14H20N4O. The molecule has 1 heterocycles. The summed E-state index contributed by atoms with van der Waals surface area (Å²) in [5.74, 6) is 0. The number of benzene rings is 1. The van der Waals surface area contributed by atoms with Crippen LogP contribution in [-0.2, 0) is 13.1 Å². The van der Waals surface area contributed by atoms with Crippen LogP contribution in [0.25, 0.3) is 11.3 Å². The van der Waals surface area contributed by atoms with Crippen molar-refractivity contribution in [1.82, 2.24) is 20.3 Å². The van der Waals surface area contributed by atoms with Crippen LogP contribution in [0.5, 0.6) is 0 Å². The summed E-state index contributed by atoms with van der Waals surface area (Å²) in [5.41, 5.74) is 2.88. The first-order chi connectivity index (χ1) is 9.20. The number of aryl methyl sites for hydroxylation is 1. The molecule has 0 spiro atoms. The molecule has 0 aliphatic heterocycles. The van der Waals surface area contributed by atoms with Gasteiger partial charge < -0.3 is 10.4 Å². The first kappa shape index (κ1) is 13.7. The zero-order chi connectivity index (χ0) is 13.7. The summed E-state index contributed by atoms with van der Waals surface area (Å²) in [6.07, 6.45) is -0.360. The van der Waals surface area contributed by atoms with E-state index in [1.54, 1.807) is 11.7 Å². The normalized spacial score (nSPS) is 12.6. The van der Waals surface area contributed by atoms with Crippen molar-refractivity contribution in [2.45, 2.75) is 33.0 Å². The second-order valence-corrected chi connectivity index (χ2v) is 4.53. The molecule has 0 aliphatic rings. The van der Waals surface area contributed by atoms with Crippen molar-refractivity contribution in [3.05, 3.63) is 36.0 Å². The molecule has 1 aromatic heterocycles. The zero-order valence-electron chi connectivity index (χ0n) is 11.4. The van der Waals surface area contributed by atoms with Crippen molar-refractivity contribution in [3.63, 3.8) is 0 Å². The lowest BCUT2D eigenvalue weighted by atomic mass is 10.1. The minimum absolute atomic E-state index is 0.360. The maximum Gasteiger partial charge on any atom is 0.117 e. The van der Waals surface area contributed by atoms with Gasteiger partial charge in [-0.05, 0) is 13.8 Å². The number of nitrogens with one attached hydrogen (secondary N) is 1. The van der Waals surface area contributed by atoms with Gasteiger partial charge in [0.15, 0.2) is 0 Å². The van der Waals surface area contributed by atoms with Gasteiger partial charge in [0.1, 0.15) is 11.4 Å². The highest BCUT2D eigenvalue weighted by Gasteiger charge is 2.12. The topological polar surface area (TPSA) is 63.0 Å². The van der Waals surface area contributed by atoms with Gasteiger partial charge in [-0.3, -0.25) is 0 Å². The Labute approximate surface area is 113 Å². The first-order valence-electron chi connectivity index (χ1n) is 6.59. The molecule has 0 saturated carbocycles. The van der Waals surface area contributed by atoms with Crippen molar-refractivity contribution in [3.8, 4) is 11.3 Å². The van der Waals surface area contributed by atoms with Crippen LogP contribution in [0.3, 0.4) is 0 Å². The molecule has 102 valence electrons.